The molecule has 0 saturated heterocycles. The van der Waals surface area contributed by atoms with Gasteiger partial charge in [0.25, 0.3) is 11.5 Å². The van der Waals surface area contributed by atoms with E-state index in [0.717, 1.165) is 22.8 Å². The van der Waals surface area contributed by atoms with E-state index in [1.807, 2.05) is 5.32 Å². The van der Waals surface area contributed by atoms with Crippen molar-refractivity contribution in [3.8, 4) is 5.75 Å². The first-order chi connectivity index (χ1) is 13.7. The van der Waals surface area contributed by atoms with Crippen LogP contribution in [0.3, 0.4) is 0 Å². The highest BCUT2D eigenvalue weighted by molar-refractivity contribution is 6.30. The van der Waals surface area contributed by atoms with Crippen LogP contribution < -0.4 is 10.9 Å². The Labute approximate surface area is 166 Å². The van der Waals surface area contributed by atoms with Crippen molar-refractivity contribution in [3.63, 3.8) is 0 Å². The monoisotopic (exact) mass is 422 g/mol. The summed E-state index contributed by atoms with van der Waals surface area (Å²) in [5, 5.41) is 21.0. The molecule has 0 atom stereocenters. The molecule has 0 aliphatic heterocycles. The average Bonchev–Trinajstić information content (AvgIpc) is 2.65. The molecule has 3 rings (SSSR count). The lowest BCUT2D eigenvalue weighted by molar-refractivity contribution is -0.135. The van der Waals surface area contributed by atoms with Crippen molar-refractivity contribution in [2.24, 2.45) is 0 Å². The Morgan fingerprint density at radius 1 is 1.14 bits per heavy atom. The highest BCUT2D eigenvalue weighted by Crippen LogP contribution is 2.28. The molecule has 1 heterocycles. The number of pyridine rings is 1. The molecule has 1 aromatic heterocycles. The largest absolute Gasteiger partial charge is 0.506 e. The molecule has 0 aliphatic carbocycles. The van der Waals surface area contributed by atoms with Crippen LogP contribution in [0.5, 0.6) is 5.75 Å². The smallest absolute Gasteiger partial charge is 0.322 e. The third-order valence-electron chi connectivity index (χ3n) is 4.17. The van der Waals surface area contributed by atoms with E-state index in [2.05, 4.69) is 0 Å². The van der Waals surface area contributed by atoms with Crippen LogP contribution in [0.2, 0.25) is 5.02 Å². The molecule has 0 spiro atoms. The summed E-state index contributed by atoms with van der Waals surface area (Å²) in [6, 6.07) is 6.96. The third kappa shape index (κ3) is 4.04. The van der Waals surface area contributed by atoms with E-state index < -0.39 is 46.9 Å². The predicted octanol–water partition coefficient (Wildman–Crippen LogP) is 2.50. The van der Waals surface area contributed by atoms with Gasteiger partial charge in [-0.25, -0.2) is 8.78 Å². The number of aliphatic carboxylic acids is 1. The van der Waals surface area contributed by atoms with Gasteiger partial charge in [0.15, 0.2) is 0 Å². The molecule has 0 aliphatic rings. The van der Waals surface area contributed by atoms with Gasteiger partial charge in [-0.15, -0.1) is 0 Å². The van der Waals surface area contributed by atoms with Crippen molar-refractivity contribution in [3.05, 3.63) is 74.5 Å². The predicted molar refractivity (Wildman–Crippen MR) is 100 cm³/mol. The lowest BCUT2D eigenvalue weighted by Gasteiger charge is -2.15. The van der Waals surface area contributed by atoms with E-state index >= 15 is 0 Å². The summed E-state index contributed by atoms with van der Waals surface area (Å²) in [5.41, 5.74) is -1.67. The minimum absolute atomic E-state index is 0.0537. The molecule has 2 aromatic carbocycles. The zero-order chi connectivity index (χ0) is 21.3. The number of aromatic nitrogens is 1. The Morgan fingerprint density at radius 2 is 1.86 bits per heavy atom. The maximum Gasteiger partial charge on any atom is 0.322 e. The van der Waals surface area contributed by atoms with Gasteiger partial charge in [-0.1, -0.05) is 17.7 Å². The van der Waals surface area contributed by atoms with Gasteiger partial charge in [-0.3, -0.25) is 14.4 Å². The van der Waals surface area contributed by atoms with Gasteiger partial charge in [0.1, 0.15) is 29.5 Å². The second-order valence-corrected chi connectivity index (χ2v) is 6.52. The molecule has 0 saturated carbocycles. The van der Waals surface area contributed by atoms with Crippen LogP contribution in [0.4, 0.5) is 8.78 Å². The first kappa shape index (κ1) is 20.3. The highest BCUT2D eigenvalue weighted by Gasteiger charge is 2.23. The minimum Gasteiger partial charge on any atom is -0.506 e. The van der Waals surface area contributed by atoms with Crippen molar-refractivity contribution in [2.75, 3.05) is 6.54 Å². The standard InChI is InChI=1S/C19H13ClF2N2O5/c20-10-2-1-9(13(22)5-10)8-24-14-4-3-11(21)6-12(14)17(27)16(19(24)29)18(28)23-7-15(25)26/h1-6,27H,7-8H2,(H,23,28)(H,25,26). The van der Waals surface area contributed by atoms with Gasteiger partial charge in [0.2, 0.25) is 0 Å². The van der Waals surface area contributed by atoms with Crippen LogP contribution in [-0.2, 0) is 11.3 Å². The number of aromatic hydroxyl groups is 1. The van der Waals surface area contributed by atoms with Gasteiger partial charge in [0.05, 0.1) is 12.1 Å². The van der Waals surface area contributed by atoms with E-state index in [9.17, 15) is 28.3 Å². The summed E-state index contributed by atoms with van der Waals surface area (Å²) >= 11 is 5.73. The van der Waals surface area contributed by atoms with Gasteiger partial charge < -0.3 is 20.1 Å². The molecule has 7 nitrogen and oxygen atoms in total. The molecule has 0 radical (unpaired) electrons. The summed E-state index contributed by atoms with van der Waals surface area (Å²) < 4.78 is 28.9. The van der Waals surface area contributed by atoms with Crippen LogP contribution >= 0.6 is 11.6 Å². The van der Waals surface area contributed by atoms with Crippen molar-refractivity contribution >= 4 is 34.4 Å². The molecule has 0 unspecified atom stereocenters. The maximum absolute atomic E-state index is 14.2. The number of nitrogens with one attached hydrogen (secondary N) is 1. The van der Waals surface area contributed by atoms with E-state index in [-0.39, 0.29) is 28.0 Å². The molecule has 0 fully saturated rings. The van der Waals surface area contributed by atoms with Crippen molar-refractivity contribution < 1.29 is 28.6 Å². The Balaban J connectivity index is 2.23. The van der Waals surface area contributed by atoms with Gasteiger partial charge >= 0.3 is 5.97 Å². The highest BCUT2D eigenvalue weighted by atomic mass is 35.5. The number of amides is 1. The quantitative estimate of drug-likeness (QED) is 0.585. The number of fused-ring (bicyclic) bond motifs is 1. The number of hydrogen-bond acceptors (Lipinski definition) is 4. The van der Waals surface area contributed by atoms with E-state index in [0.29, 0.717) is 0 Å². The van der Waals surface area contributed by atoms with Crippen LogP contribution in [0.15, 0.2) is 41.2 Å². The van der Waals surface area contributed by atoms with Crippen LogP contribution in [-0.4, -0.2) is 33.2 Å². The molecular formula is C19H13ClF2N2O5. The Morgan fingerprint density at radius 3 is 2.52 bits per heavy atom. The number of carboxylic acid groups (broad SMARTS) is 1. The zero-order valence-corrected chi connectivity index (χ0v) is 15.3. The summed E-state index contributed by atoms with van der Waals surface area (Å²) in [7, 11) is 0. The number of carbonyl (C=O) groups is 2. The lowest BCUT2D eigenvalue weighted by atomic mass is 10.1. The Bertz CT molecular complexity index is 1210. The fourth-order valence-electron chi connectivity index (χ4n) is 2.84. The second kappa shape index (κ2) is 7.88. The first-order valence-corrected chi connectivity index (χ1v) is 8.55. The number of hydrogen-bond donors (Lipinski definition) is 3. The summed E-state index contributed by atoms with van der Waals surface area (Å²) in [6.45, 7) is -1.14. The number of carboxylic acids is 1. The summed E-state index contributed by atoms with van der Waals surface area (Å²) in [5.74, 6) is -4.78. The molecule has 1 amide bonds. The van der Waals surface area contributed by atoms with Crippen molar-refractivity contribution in [2.45, 2.75) is 6.54 Å². The van der Waals surface area contributed by atoms with E-state index in [4.69, 9.17) is 16.7 Å². The van der Waals surface area contributed by atoms with Gasteiger partial charge in [-0.05, 0) is 30.3 Å². The Hall–Kier alpha value is -3.46. The number of rotatable bonds is 5. The maximum atomic E-state index is 14.2. The van der Waals surface area contributed by atoms with Crippen LogP contribution in [0.1, 0.15) is 15.9 Å². The fraction of sp³-hybridized carbons (Fsp3) is 0.105. The molecule has 150 valence electrons. The zero-order valence-electron chi connectivity index (χ0n) is 14.6. The average molecular weight is 423 g/mol. The Kier molecular flexibility index (Phi) is 5.51. The van der Waals surface area contributed by atoms with Gasteiger partial charge in [-0.2, -0.15) is 0 Å². The van der Waals surface area contributed by atoms with E-state index in [1.165, 1.54) is 18.2 Å². The van der Waals surface area contributed by atoms with Crippen LogP contribution in [0.25, 0.3) is 10.9 Å². The van der Waals surface area contributed by atoms with Crippen LogP contribution in [0, 0.1) is 11.6 Å². The normalized spacial score (nSPS) is 10.9. The number of carbonyl (C=O) groups excluding carboxylic acids is 1. The molecule has 3 aromatic rings. The number of nitrogens with zero attached hydrogens (tertiary/aromatic N) is 1. The lowest BCUT2D eigenvalue weighted by Crippen LogP contribution is -2.36. The van der Waals surface area contributed by atoms with Gasteiger partial charge in [0, 0.05) is 16.0 Å². The molecule has 3 N–H and O–H groups in total. The number of halogens is 3. The number of benzene rings is 2. The second-order valence-electron chi connectivity index (χ2n) is 6.09. The fourth-order valence-corrected chi connectivity index (χ4v) is 3.00. The minimum atomic E-state index is -1.37. The molecule has 10 heteroatoms. The SMILES string of the molecule is O=C(O)CNC(=O)c1c(O)c2cc(F)ccc2n(Cc2ccc(Cl)cc2F)c1=O. The summed E-state index contributed by atoms with van der Waals surface area (Å²) in [4.78, 5) is 35.9. The molecule has 29 heavy (non-hydrogen) atoms. The van der Waals surface area contributed by atoms with Crippen molar-refractivity contribution in [1.82, 2.24) is 9.88 Å². The topological polar surface area (TPSA) is 109 Å². The molecule has 0 bridgehead atoms. The summed E-state index contributed by atoms with van der Waals surface area (Å²) in [6.07, 6.45) is 0. The first-order valence-electron chi connectivity index (χ1n) is 8.18. The van der Waals surface area contributed by atoms with E-state index in [1.54, 1.807) is 0 Å². The molecular weight excluding hydrogens is 410 g/mol. The van der Waals surface area contributed by atoms with Crippen molar-refractivity contribution in [1.29, 1.82) is 0 Å². The third-order valence-corrected chi connectivity index (χ3v) is 4.41.